The highest BCUT2D eigenvalue weighted by Crippen LogP contribution is 2.14. The van der Waals surface area contributed by atoms with Gasteiger partial charge in [-0.3, -0.25) is 4.79 Å². The first kappa shape index (κ1) is 25.3. The molecule has 0 fully saturated rings. The van der Waals surface area contributed by atoms with Gasteiger partial charge in [-0.15, -0.1) is 0 Å². The van der Waals surface area contributed by atoms with Gasteiger partial charge in [0.05, 0.1) is 11.8 Å². The molecule has 1 amide bonds. The molecule has 2 rings (SSSR count). The van der Waals surface area contributed by atoms with Crippen LogP contribution in [-0.4, -0.2) is 18.1 Å². The molecule has 2 aromatic rings. The highest BCUT2D eigenvalue weighted by molar-refractivity contribution is 5.91. The van der Waals surface area contributed by atoms with Crippen molar-refractivity contribution in [1.29, 1.82) is 0 Å². The molecular formula is C27H36N2O3. The maximum absolute atomic E-state index is 12.2. The lowest BCUT2D eigenvalue weighted by Gasteiger charge is -2.05. The fourth-order valence-electron chi connectivity index (χ4n) is 3.31. The molecule has 172 valence electrons. The molecule has 0 spiro atoms. The van der Waals surface area contributed by atoms with E-state index in [9.17, 15) is 9.59 Å². The molecule has 0 bridgehead atoms. The summed E-state index contributed by atoms with van der Waals surface area (Å²) in [5, 5.41) is 4.01. The number of nitrogens with one attached hydrogen (secondary N) is 1. The fraction of sp³-hybridized carbons (Fsp3) is 0.444. The zero-order valence-electron chi connectivity index (χ0n) is 19.4. The Balaban J connectivity index is 1.61. The van der Waals surface area contributed by atoms with E-state index in [0.717, 1.165) is 24.0 Å². The maximum atomic E-state index is 12.2. The van der Waals surface area contributed by atoms with Crippen molar-refractivity contribution in [2.75, 3.05) is 0 Å². The van der Waals surface area contributed by atoms with Crippen molar-refractivity contribution in [3.63, 3.8) is 0 Å². The Morgan fingerprint density at radius 3 is 2.06 bits per heavy atom. The Hall–Kier alpha value is -2.95. The van der Waals surface area contributed by atoms with Gasteiger partial charge in [0.15, 0.2) is 0 Å². The predicted molar refractivity (Wildman–Crippen MR) is 130 cm³/mol. The van der Waals surface area contributed by atoms with Gasteiger partial charge < -0.3 is 4.74 Å². The van der Waals surface area contributed by atoms with E-state index in [1.807, 2.05) is 19.1 Å². The Morgan fingerprint density at radius 1 is 0.844 bits per heavy atom. The molecule has 0 atom stereocenters. The Morgan fingerprint density at radius 2 is 1.44 bits per heavy atom. The molecule has 0 aliphatic carbocycles. The lowest BCUT2D eigenvalue weighted by molar-refractivity contribution is -0.121. The highest BCUT2D eigenvalue weighted by atomic mass is 16.5. The van der Waals surface area contributed by atoms with Crippen LogP contribution in [0, 0.1) is 6.92 Å². The Bertz CT molecular complexity index is 842. The van der Waals surface area contributed by atoms with Gasteiger partial charge in [-0.25, -0.2) is 10.2 Å². The number of rotatable bonds is 14. The summed E-state index contributed by atoms with van der Waals surface area (Å²) in [7, 11) is 0. The number of hydrogen-bond acceptors (Lipinski definition) is 4. The van der Waals surface area contributed by atoms with Crippen LogP contribution in [0.5, 0.6) is 5.75 Å². The third-order valence-corrected chi connectivity index (χ3v) is 5.29. The topological polar surface area (TPSA) is 67.8 Å². The van der Waals surface area contributed by atoms with Crippen LogP contribution in [0.2, 0.25) is 0 Å². The molecule has 0 radical (unpaired) electrons. The molecule has 5 heteroatoms. The first-order valence-electron chi connectivity index (χ1n) is 11.8. The van der Waals surface area contributed by atoms with E-state index in [-0.39, 0.29) is 5.91 Å². The van der Waals surface area contributed by atoms with E-state index in [1.165, 1.54) is 44.9 Å². The van der Waals surface area contributed by atoms with E-state index in [0.29, 0.717) is 17.7 Å². The van der Waals surface area contributed by atoms with Crippen LogP contribution in [0.25, 0.3) is 0 Å². The second kappa shape index (κ2) is 15.0. The monoisotopic (exact) mass is 436 g/mol. The maximum Gasteiger partial charge on any atom is 0.343 e. The van der Waals surface area contributed by atoms with Crippen LogP contribution in [0.15, 0.2) is 53.6 Å². The summed E-state index contributed by atoms with van der Waals surface area (Å²) in [4.78, 5) is 24.0. The molecule has 0 aromatic heterocycles. The average Bonchev–Trinajstić information content (AvgIpc) is 2.79. The van der Waals surface area contributed by atoms with Crippen LogP contribution in [0.3, 0.4) is 0 Å². The number of aryl methyl sites for hydroxylation is 1. The lowest BCUT2D eigenvalue weighted by Crippen LogP contribution is -2.16. The van der Waals surface area contributed by atoms with Gasteiger partial charge in [-0.05, 0) is 55.3 Å². The number of nitrogens with zero attached hydrogens (tertiary/aromatic N) is 1. The van der Waals surface area contributed by atoms with Gasteiger partial charge >= 0.3 is 5.97 Å². The highest BCUT2D eigenvalue weighted by Gasteiger charge is 2.08. The molecule has 5 nitrogen and oxygen atoms in total. The van der Waals surface area contributed by atoms with Crippen molar-refractivity contribution in [1.82, 2.24) is 5.43 Å². The Labute approximate surface area is 192 Å². The summed E-state index contributed by atoms with van der Waals surface area (Å²) in [5.74, 6) is 0.00476. The largest absolute Gasteiger partial charge is 0.423 e. The van der Waals surface area contributed by atoms with Crippen LogP contribution in [0.1, 0.15) is 92.6 Å². The van der Waals surface area contributed by atoms with Crippen molar-refractivity contribution in [3.05, 3.63) is 65.2 Å². The number of hydrazone groups is 1. The van der Waals surface area contributed by atoms with Gasteiger partial charge in [0, 0.05) is 6.42 Å². The van der Waals surface area contributed by atoms with E-state index >= 15 is 0 Å². The van der Waals surface area contributed by atoms with Gasteiger partial charge in [0.25, 0.3) is 0 Å². The molecule has 0 heterocycles. The number of hydrogen-bond donors (Lipinski definition) is 1. The number of carbonyl (C=O) groups is 2. The average molecular weight is 437 g/mol. The summed E-state index contributed by atoms with van der Waals surface area (Å²) in [6, 6.07) is 14.2. The first-order valence-corrected chi connectivity index (χ1v) is 11.8. The zero-order chi connectivity index (χ0) is 23.0. The second-order valence-electron chi connectivity index (χ2n) is 8.20. The minimum absolute atomic E-state index is 0.0622. The third-order valence-electron chi connectivity index (χ3n) is 5.29. The van der Waals surface area contributed by atoms with Crippen LogP contribution >= 0.6 is 0 Å². The number of esters is 1. The summed E-state index contributed by atoms with van der Waals surface area (Å²) in [5.41, 5.74) is 4.98. The van der Waals surface area contributed by atoms with Gasteiger partial charge in [-0.1, -0.05) is 76.0 Å². The second-order valence-corrected chi connectivity index (χ2v) is 8.20. The Kier molecular flexibility index (Phi) is 11.8. The molecule has 2 aromatic carbocycles. The number of unbranched alkanes of at least 4 members (excludes halogenated alkanes) is 8. The number of benzene rings is 2. The van der Waals surface area contributed by atoms with E-state index < -0.39 is 5.97 Å². The molecule has 0 saturated carbocycles. The van der Waals surface area contributed by atoms with Crippen LogP contribution in [0.4, 0.5) is 0 Å². The molecule has 0 unspecified atom stereocenters. The predicted octanol–water partition coefficient (Wildman–Crippen LogP) is 6.59. The molecule has 0 aliphatic rings. The summed E-state index contributed by atoms with van der Waals surface area (Å²) < 4.78 is 5.38. The first-order chi connectivity index (χ1) is 15.6. The number of ether oxygens (including phenoxy) is 1. The standard InChI is InChI=1S/C27H36N2O3/c1-3-4-5-6-7-8-9-10-11-12-26(30)29-28-21-23-15-19-25(20-16-23)32-27(31)24-17-13-22(2)14-18-24/h13-21H,3-12H2,1-2H3,(H,29,30). The summed E-state index contributed by atoms with van der Waals surface area (Å²) >= 11 is 0. The normalized spacial score (nSPS) is 10.9. The lowest BCUT2D eigenvalue weighted by atomic mass is 10.1. The van der Waals surface area contributed by atoms with Crippen molar-refractivity contribution >= 4 is 18.1 Å². The van der Waals surface area contributed by atoms with Crippen molar-refractivity contribution in [2.45, 2.75) is 78.1 Å². The summed E-state index contributed by atoms with van der Waals surface area (Å²) in [6.07, 6.45) is 13.1. The number of carbonyl (C=O) groups excluding carboxylic acids is 2. The minimum atomic E-state index is -0.393. The molecule has 0 saturated heterocycles. The fourth-order valence-corrected chi connectivity index (χ4v) is 3.31. The number of amides is 1. The van der Waals surface area contributed by atoms with Crippen molar-refractivity contribution < 1.29 is 14.3 Å². The van der Waals surface area contributed by atoms with Gasteiger partial charge in [0.1, 0.15) is 5.75 Å². The van der Waals surface area contributed by atoms with Crippen molar-refractivity contribution in [2.24, 2.45) is 5.10 Å². The SMILES string of the molecule is CCCCCCCCCCCC(=O)NN=Cc1ccc(OC(=O)c2ccc(C)cc2)cc1. The van der Waals surface area contributed by atoms with E-state index in [4.69, 9.17) is 4.74 Å². The van der Waals surface area contributed by atoms with Crippen LogP contribution < -0.4 is 10.2 Å². The third kappa shape index (κ3) is 10.4. The van der Waals surface area contributed by atoms with Gasteiger partial charge in [0.2, 0.25) is 5.91 Å². The zero-order valence-corrected chi connectivity index (χ0v) is 19.4. The van der Waals surface area contributed by atoms with Crippen molar-refractivity contribution in [3.8, 4) is 5.75 Å². The quantitative estimate of drug-likeness (QED) is 0.119. The molecule has 1 N–H and O–H groups in total. The molecule has 0 aliphatic heterocycles. The molecular weight excluding hydrogens is 400 g/mol. The van der Waals surface area contributed by atoms with Crippen LogP contribution in [-0.2, 0) is 4.79 Å². The minimum Gasteiger partial charge on any atom is -0.423 e. The summed E-state index contributed by atoms with van der Waals surface area (Å²) in [6.45, 7) is 4.20. The van der Waals surface area contributed by atoms with E-state index in [1.54, 1.807) is 42.6 Å². The smallest absolute Gasteiger partial charge is 0.343 e. The van der Waals surface area contributed by atoms with E-state index in [2.05, 4.69) is 17.5 Å². The molecule has 32 heavy (non-hydrogen) atoms. The van der Waals surface area contributed by atoms with Gasteiger partial charge in [-0.2, -0.15) is 5.10 Å².